The molecule has 4 heteroatoms. The molecule has 0 atom stereocenters. The van der Waals surface area contributed by atoms with Crippen molar-refractivity contribution >= 4 is 5.91 Å². The van der Waals surface area contributed by atoms with Crippen LogP contribution in [0.5, 0.6) is 0 Å². The third kappa shape index (κ3) is 7.40. The summed E-state index contributed by atoms with van der Waals surface area (Å²) in [4.78, 5) is 14.5. The van der Waals surface area contributed by atoms with E-state index in [1.807, 2.05) is 4.90 Å². The maximum Gasteiger partial charge on any atom is 0.265 e. The minimum atomic E-state index is -0.0972. The van der Waals surface area contributed by atoms with Gasteiger partial charge in [0.2, 0.25) is 0 Å². The van der Waals surface area contributed by atoms with E-state index in [1.54, 1.807) is 6.20 Å². The standard InChI is InChI=1S/C22H37N3O/c1-19-13-15-25(16-14-19)22(26)20(17-23)18-24-21-11-9-7-5-3-2-4-6-8-10-12-21/h18-19,21,24H,2-16H2,1H3/b20-18-. The number of nitrogens with zero attached hydrogens (tertiary/aromatic N) is 2. The molecule has 1 aliphatic heterocycles. The monoisotopic (exact) mass is 359 g/mol. The molecular formula is C22H37N3O. The molecule has 2 fully saturated rings. The summed E-state index contributed by atoms with van der Waals surface area (Å²) in [5, 5.41) is 12.9. The van der Waals surface area contributed by atoms with Crippen LogP contribution in [0.4, 0.5) is 0 Å². The van der Waals surface area contributed by atoms with Crippen molar-refractivity contribution in [3.63, 3.8) is 0 Å². The Labute approximate surface area is 160 Å². The summed E-state index contributed by atoms with van der Waals surface area (Å²) in [6.07, 6.45) is 18.0. The molecule has 0 unspecified atom stereocenters. The molecule has 0 spiro atoms. The number of likely N-dealkylation sites (tertiary alicyclic amines) is 1. The van der Waals surface area contributed by atoms with Gasteiger partial charge < -0.3 is 10.2 Å². The highest BCUT2D eigenvalue weighted by atomic mass is 16.2. The minimum absolute atomic E-state index is 0.0972. The Kier molecular flexibility index (Phi) is 9.60. The number of carbonyl (C=O) groups excluding carboxylic acids is 1. The van der Waals surface area contributed by atoms with E-state index < -0.39 is 0 Å². The lowest BCUT2D eigenvalue weighted by molar-refractivity contribution is -0.128. The Morgan fingerprint density at radius 3 is 1.92 bits per heavy atom. The van der Waals surface area contributed by atoms with Gasteiger partial charge in [0.15, 0.2) is 0 Å². The highest BCUT2D eigenvalue weighted by Crippen LogP contribution is 2.19. The molecule has 1 N–H and O–H groups in total. The third-order valence-corrected chi connectivity index (χ3v) is 5.99. The second kappa shape index (κ2) is 12.0. The maximum atomic E-state index is 12.6. The van der Waals surface area contributed by atoms with Crippen molar-refractivity contribution in [3.8, 4) is 6.07 Å². The van der Waals surface area contributed by atoms with Gasteiger partial charge in [0.05, 0.1) is 0 Å². The quantitative estimate of drug-likeness (QED) is 0.575. The smallest absolute Gasteiger partial charge is 0.265 e. The van der Waals surface area contributed by atoms with E-state index in [0.717, 1.165) is 38.8 Å². The highest BCUT2D eigenvalue weighted by molar-refractivity contribution is 5.97. The molecule has 4 nitrogen and oxygen atoms in total. The zero-order valence-electron chi connectivity index (χ0n) is 16.6. The van der Waals surface area contributed by atoms with Crippen LogP contribution in [-0.4, -0.2) is 29.9 Å². The fourth-order valence-electron chi connectivity index (χ4n) is 4.05. The summed E-state index contributed by atoms with van der Waals surface area (Å²) >= 11 is 0. The largest absolute Gasteiger partial charge is 0.387 e. The van der Waals surface area contributed by atoms with Crippen LogP contribution < -0.4 is 5.32 Å². The van der Waals surface area contributed by atoms with Crippen molar-refractivity contribution in [1.82, 2.24) is 10.2 Å². The van der Waals surface area contributed by atoms with Crippen LogP contribution >= 0.6 is 0 Å². The lowest BCUT2D eigenvalue weighted by Crippen LogP contribution is -2.39. The van der Waals surface area contributed by atoms with Crippen molar-refractivity contribution in [2.24, 2.45) is 5.92 Å². The van der Waals surface area contributed by atoms with Gasteiger partial charge in [-0.1, -0.05) is 64.7 Å². The van der Waals surface area contributed by atoms with E-state index in [0.29, 0.717) is 12.0 Å². The normalized spacial score (nSPS) is 22.8. The van der Waals surface area contributed by atoms with Gasteiger partial charge in [0, 0.05) is 25.3 Å². The van der Waals surface area contributed by atoms with Gasteiger partial charge in [-0.2, -0.15) is 5.26 Å². The zero-order chi connectivity index (χ0) is 18.6. The van der Waals surface area contributed by atoms with E-state index >= 15 is 0 Å². The van der Waals surface area contributed by atoms with E-state index in [2.05, 4.69) is 18.3 Å². The molecule has 1 saturated heterocycles. The number of carbonyl (C=O) groups is 1. The number of hydrogen-bond acceptors (Lipinski definition) is 3. The third-order valence-electron chi connectivity index (χ3n) is 5.99. The predicted octanol–water partition coefficient (Wildman–Crippen LogP) is 4.92. The fraction of sp³-hybridized carbons (Fsp3) is 0.818. The number of rotatable bonds is 3. The van der Waals surface area contributed by atoms with Crippen LogP contribution in [0, 0.1) is 17.2 Å². The molecule has 0 radical (unpaired) electrons. The molecule has 0 aromatic heterocycles. The average Bonchev–Trinajstić information content (AvgIpc) is 2.64. The summed E-state index contributed by atoms with van der Waals surface area (Å²) in [6.45, 7) is 3.79. The van der Waals surface area contributed by atoms with Gasteiger partial charge in [-0.25, -0.2) is 0 Å². The SMILES string of the molecule is CC1CCN(C(=O)/C(C#N)=C\NC2CCCCCCCCCCC2)CC1. The van der Waals surface area contributed by atoms with Crippen molar-refractivity contribution < 1.29 is 4.79 Å². The lowest BCUT2D eigenvalue weighted by Gasteiger charge is -2.30. The second-order valence-corrected chi connectivity index (χ2v) is 8.27. The van der Waals surface area contributed by atoms with E-state index in [9.17, 15) is 10.1 Å². The summed E-state index contributed by atoms with van der Waals surface area (Å²) in [7, 11) is 0. The molecule has 0 bridgehead atoms. The number of hydrogen-bond donors (Lipinski definition) is 1. The van der Waals surface area contributed by atoms with Gasteiger partial charge in [0.1, 0.15) is 11.6 Å². The van der Waals surface area contributed by atoms with E-state index in [-0.39, 0.29) is 11.5 Å². The maximum absolute atomic E-state index is 12.6. The van der Waals surface area contributed by atoms with Crippen LogP contribution in [0.25, 0.3) is 0 Å². The molecule has 1 saturated carbocycles. The Morgan fingerprint density at radius 2 is 1.42 bits per heavy atom. The number of amides is 1. The van der Waals surface area contributed by atoms with Crippen LogP contribution in [0.15, 0.2) is 11.8 Å². The Morgan fingerprint density at radius 1 is 0.923 bits per heavy atom. The minimum Gasteiger partial charge on any atom is -0.387 e. The van der Waals surface area contributed by atoms with E-state index in [1.165, 1.54) is 57.8 Å². The molecule has 2 aliphatic rings. The molecule has 0 aromatic carbocycles. The first-order valence-corrected chi connectivity index (χ1v) is 10.9. The second-order valence-electron chi connectivity index (χ2n) is 8.27. The number of nitriles is 1. The molecule has 1 amide bonds. The summed E-state index contributed by atoms with van der Waals surface area (Å²) in [6, 6.07) is 2.52. The fourth-order valence-corrected chi connectivity index (χ4v) is 4.05. The molecule has 2 rings (SSSR count). The Balaban J connectivity index is 1.87. The van der Waals surface area contributed by atoms with Crippen molar-refractivity contribution in [2.45, 2.75) is 96.4 Å². The van der Waals surface area contributed by atoms with Gasteiger partial charge in [-0.15, -0.1) is 0 Å². The summed E-state index contributed by atoms with van der Waals surface area (Å²) in [5.41, 5.74) is 0.269. The Hall–Kier alpha value is -1.50. The van der Waals surface area contributed by atoms with Gasteiger partial charge in [0.25, 0.3) is 5.91 Å². The topological polar surface area (TPSA) is 56.1 Å². The van der Waals surface area contributed by atoms with Crippen LogP contribution in [0.3, 0.4) is 0 Å². The predicted molar refractivity (Wildman–Crippen MR) is 106 cm³/mol. The van der Waals surface area contributed by atoms with E-state index in [4.69, 9.17) is 0 Å². The highest BCUT2D eigenvalue weighted by Gasteiger charge is 2.23. The number of piperidine rings is 1. The van der Waals surface area contributed by atoms with Gasteiger partial charge in [-0.05, 0) is 31.6 Å². The molecule has 1 heterocycles. The first-order chi connectivity index (χ1) is 12.7. The number of nitrogens with one attached hydrogen (secondary N) is 1. The molecular weight excluding hydrogens is 322 g/mol. The van der Waals surface area contributed by atoms with Crippen molar-refractivity contribution in [1.29, 1.82) is 5.26 Å². The van der Waals surface area contributed by atoms with Crippen LogP contribution in [0.1, 0.15) is 90.4 Å². The zero-order valence-corrected chi connectivity index (χ0v) is 16.6. The summed E-state index contributed by atoms with van der Waals surface area (Å²) in [5.74, 6) is 0.586. The van der Waals surface area contributed by atoms with Gasteiger partial charge in [-0.3, -0.25) is 4.79 Å². The molecule has 26 heavy (non-hydrogen) atoms. The molecule has 0 aromatic rings. The first-order valence-electron chi connectivity index (χ1n) is 10.9. The average molecular weight is 360 g/mol. The molecule has 1 aliphatic carbocycles. The van der Waals surface area contributed by atoms with Crippen molar-refractivity contribution in [3.05, 3.63) is 11.8 Å². The van der Waals surface area contributed by atoms with Crippen LogP contribution in [0.2, 0.25) is 0 Å². The summed E-state index contributed by atoms with van der Waals surface area (Å²) < 4.78 is 0. The lowest BCUT2D eigenvalue weighted by atomic mass is 9.98. The van der Waals surface area contributed by atoms with Gasteiger partial charge >= 0.3 is 0 Å². The first kappa shape index (κ1) is 20.8. The Bertz CT molecular complexity index is 474. The van der Waals surface area contributed by atoms with Crippen LogP contribution in [-0.2, 0) is 4.79 Å². The molecule has 146 valence electrons. The van der Waals surface area contributed by atoms with Crippen molar-refractivity contribution in [2.75, 3.05) is 13.1 Å².